The average Bonchev–Trinajstić information content (AvgIpc) is 3.32. The number of pyridine rings is 3. The Labute approximate surface area is 204 Å². The van der Waals surface area contributed by atoms with Crippen molar-refractivity contribution in [1.82, 2.24) is 24.1 Å². The first-order valence-corrected chi connectivity index (χ1v) is 11.0. The summed E-state index contributed by atoms with van der Waals surface area (Å²) in [5.74, 6) is 0. The summed E-state index contributed by atoms with van der Waals surface area (Å²) >= 11 is 6.07. The van der Waals surface area contributed by atoms with Gasteiger partial charge >= 0.3 is 0 Å². The van der Waals surface area contributed by atoms with E-state index < -0.39 is 5.67 Å². The van der Waals surface area contributed by atoms with Gasteiger partial charge in [-0.2, -0.15) is 5.26 Å². The molecule has 0 aliphatic rings. The van der Waals surface area contributed by atoms with Crippen LogP contribution in [-0.4, -0.2) is 24.1 Å². The molecule has 35 heavy (non-hydrogen) atoms. The predicted octanol–water partition coefficient (Wildman–Crippen LogP) is 4.52. The molecule has 4 aromatic heterocycles. The summed E-state index contributed by atoms with van der Waals surface area (Å²) < 4.78 is 20.3. The molecule has 0 unspecified atom stereocenters. The van der Waals surface area contributed by atoms with Gasteiger partial charge in [-0.3, -0.25) is 4.79 Å². The number of aryl methyl sites for hydroxylation is 2. The normalized spacial score (nSPS) is 12.9. The highest BCUT2D eigenvalue weighted by Crippen LogP contribution is 2.41. The number of rotatable bonds is 4. The van der Waals surface area contributed by atoms with Gasteiger partial charge in [-0.15, -0.1) is 0 Å². The Kier molecular flexibility index (Phi) is 5.42. The number of fused-ring (bicyclic) bond motifs is 1. The van der Waals surface area contributed by atoms with E-state index in [1.54, 1.807) is 73.3 Å². The van der Waals surface area contributed by atoms with Gasteiger partial charge < -0.3 is 9.13 Å². The number of halogens is 2. The Hall–Kier alpha value is -4.35. The molecule has 0 fully saturated rings. The number of alkyl halides is 1. The number of aromatic nitrogens is 5. The van der Waals surface area contributed by atoms with Crippen LogP contribution in [0.15, 0.2) is 78.0 Å². The van der Waals surface area contributed by atoms with Gasteiger partial charge in [0.1, 0.15) is 11.8 Å². The van der Waals surface area contributed by atoms with Crippen LogP contribution in [0.25, 0.3) is 22.3 Å². The van der Waals surface area contributed by atoms with Gasteiger partial charge in [0.25, 0.3) is 5.56 Å². The van der Waals surface area contributed by atoms with Gasteiger partial charge in [0.2, 0.25) is 5.67 Å². The van der Waals surface area contributed by atoms with Crippen LogP contribution < -0.4 is 5.56 Å². The van der Waals surface area contributed by atoms with E-state index in [2.05, 4.69) is 9.97 Å². The minimum absolute atomic E-state index is 0.104. The van der Waals surface area contributed by atoms with Crippen LogP contribution in [-0.2, 0) is 19.8 Å². The zero-order valence-corrected chi connectivity index (χ0v) is 19.5. The fraction of sp³-hybridized carbons (Fsp3) is 0.115. The third kappa shape index (κ3) is 3.66. The Morgan fingerprint density at radius 3 is 2.51 bits per heavy atom. The van der Waals surface area contributed by atoms with Crippen molar-refractivity contribution < 1.29 is 4.39 Å². The molecule has 5 rings (SSSR count). The summed E-state index contributed by atoms with van der Waals surface area (Å²) in [7, 11) is 3.33. The van der Waals surface area contributed by atoms with E-state index in [9.17, 15) is 10.1 Å². The molecule has 5 aromatic rings. The standard InChI is InChI=1S/C26H18ClFN6O/c1-33-15-30-14-23(33)26(28,16-6-8-17(27)9-7-16)22-11-10-21-25(32-22)19(12-24(35)34(21)2)20-5-3-4-18(13-29)31-20/h3-12,14-15H,1-2H3/t26-/m1/s1. The first kappa shape index (κ1) is 22.4. The number of nitriles is 1. The van der Waals surface area contributed by atoms with Crippen molar-refractivity contribution in [3.63, 3.8) is 0 Å². The van der Waals surface area contributed by atoms with E-state index in [1.807, 2.05) is 6.07 Å². The van der Waals surface area contributed by atoms with E-state index in [4.69, 9.17) is 16.6 Å². The first-order valence-electron chi connectivity index (χ1n) is 10.6. The second-order valence-corrected chi connectivity index (χ2v) is 8.53. The van der Waals surface area contributed by atoms with Gasteiger partial charge in [0.15, 0.2) is 0 Å². The molecule has 9 heteroatoms. The Morgan fingerprint density at radius 1 is 1.06 bits per heavy atom. The van der Waals surface area contributed by atoms with Crippen molar-refractivity contribution in [2.45, 2.75) is 5.67 Å². The maximum Gasteiger partial charge on any atom is 0.251 e. The van der Waals surface area contributed by atoms with Gasteiger partial charge in [0, 0.05) is 36.3 Å². The highest BCUT2D eigenvalue weighted by atomic mass is 35.5. The highest BCUT2D eigenvalue weighted by Gasteiger charge is 2.41. The van der Waals surface area contributed by atoms with Crippen LogP contribution in [0.2, 0.25) is 5.02 Å². The summed E-state index contributed by atoms with van der Waals surface area (Å²) in [6, 6.07) is 18.0. The zero-order valence-electron chi connectivity index (χ0n) is 18.8. The van der Waals surface area contributed by atoms with Crippen molar-refractivity contribution in [3.8, 4) is 17.3 Å². The Morgan fingerprint density at radius 2 is 1.83 bits per heavy atom. The Balaban J connectivity index is 1.84. The highest BCUT2D eigenvalue weighted by molar-refractivity contribution is 6.30. The summed E-state index contributed by atoms with van der Waals surface area (Å²) in [6.45, 7) is 0. The molecule has 0 saturated heterocycles. The molecule has 4 heterocycles. The number of hydrogen-bond donors (Lipinski definition) is 0. The summed E-state index contributed by atoms with van der Waals surface area (Å²) in [5, 5.41) is 9.77. The molecule has 1 aromatic carbocycles. The van der Waals surface area contributed by atoms with Crippen LogP contribution in [0.5, 0.6) is 0 Å². The van der Waals surface area contributed by atoms with Gasteiger partial charge in [-0.25, -0.2) is 19.3 Å². The van der Waals surface area contributed by atoms with Crippen LogP contribution >= 0.6 is 11.6 Å². The fourth-order valence-corrected chi connectivity index (χ4v) is 4.28. The fourth-order valence-electron chi connectivity index (χ4n) is 4.16. The van der Waals surface area contributed by atoms with Gasteiger partial charge in [-0.05, 0) is 36.4 Å². The van der Waals surface area contributed by atoms with E-state index in [0.717, 1.165) is 0 Å². The third-order valence-corrected chi connectivity index (χ3v) is 6.24. The molecule has 0 aliphatic carbocycles. The zero-order chi connectivity index (χ0) is 24.7. The Bertz CT molecular complexity index is 1690. The second kappa shape index (κ2) is 8.46. The summed E-state index contributed by atoms with van der Waals surface area (Å²) in [4.78, 5) is 25.9. The lowest BCUT2D eigenvalue weighted by Gasteiger charge is -2.26. The summed E-state index contributed by atoms with van der Waals surface area (Å²) in [5.41, 5.74) is 0.152. The van der Waals surface area contributed by atoms with Crippen molar-refractivity contribution in [2.24, 2.45) is 14.1 Å². The van der Waals surface area contributed by atoms with E-state index >= 15 is 4.39 Å². The molecule has 0 spiro atoms. The van der Waals surface area contributed by atoms with Gasteiger partial charge in [0.05, 0.1) is 40.6 Å². The lowest BCUT2D eigenvalue weighted by molar-refractivity contribution is 0.260. The van der Waals surface area contributed by atoms with Crippen LogP contribution in [0.3, 0.4) is 0 Å². The number of hydrogen-bond acceptors (Lipinski definition) is 5. The molecule has 0 saturated carbocycles. The smallest absolute Gasteiger partial charge is 0.251 e. The predicted molar refractivity (Wildman–Crippen MR) is 131 cm³/mol. The third-order valence-electron chi connectivity index (χ3n) is 5.99. The van der Waals surface area contributed by atoms with Crippen molar-refractivity contribution >= 4 is 22.6 Å². The van der Waals surface area contributed by atoms with Crippen molar-refractivity contribution in [3.05, 3.63) is 111 Å². The molecular weight excluding hydrogens is 467 g/mol. The van der Waals surface area contributed by atoms with Gasteiger partial charge in [-0.1, -0.05) is 29.8 Å². The minimum Gasteiger partial charge on any atom is -0.334 e. The maximum atomic E-state index is 17.3. The molecule has 0 radical (unpaired) electrons. The van der Waals surface area contributed by atoms with E-state index in [1.165, 1.54) is 23.2 Å². The van der Waals surface area contributed by atoms with Crippen molar-refractivity contribution in [2.75, 3.05) is 0 Å². The van der Waals surface area contributed by atoms with Crippen LogP contribution in [0, 0.1) is 11.3 Å². The monoisotopic (exact) mass is 484 g/mol. The molecule has 172 valence electrons. The molecule has 0 amide bonds. The van der Waals surface area contributed by atoms with Crippen LogP contribution in [0.4, 0.5) is 4.39 Å². The quantitative estimate of drug-likeness (QED) is 0.374. The maximum absolute atomic E-state index is 17.3. The minimum atomic E-state index is -2.17. The molecule has 1 atom stereocenters. The van der Waals surface area contributed by atoms with Crippen molar-refractivity contribution in [1.29, 1.82) is 5.26 Å². The molecule has 0 bridgehead atoms. The topological polar surface area (TPSA) is 89.4 Å². The van der Waals surface area contributed by atoms with E-state index in [-0.39, 0.29) is 22.6 Å². The SMILES string of the molecule is Cn1cncc1[C@@](F)(c1ccc(Cl)cc1)c1ccc2c(n1)c(-c1cccc(C#N)n1)cc(=O)n2C. The van der Waals surface area contributed by atoms with Crippen LogP contribution in [0.1, 0.15) is 22.6 Å². The summed E-state index contributed by atoms with van der Waals surface area (Å²) in [6.07, 6.45) is 2.98. The largest absolute Gasteiger partial charge is 0.334 e. The first-order chi connectivity index (χ1) is 16.8. The number of nitrogens with zero attached hydrogens (tertiary/aromatic N) is 6. The number of imidazole rings is 1. The second-order valence-electron chi connectivity index (χ2n) is 8.09. The lowest BCUT2D eigenvalue weighted by atomic mass is 9.88. The molecule has 7 nitrogen and oxygen atoms in total. The lowest BCUT2D eigenvalue weighted by Crippen LogP contribution is -2.28. The average molecular weight is 485 g/mol. The molecular formula is C26H18ClFN6O. The molecule has 0 N–H and O–H groups in total. The van der Waals surface area contributed by atoms with E-state index in [0.29, 0.717) is 32.9 Å². The molecule has 0 aliphatic heterocycles. The number of benzene rings is 1.